The Balaban J connectivity index is 2.10. The fraction of sp³-hybridized carbons (Fsp3) is 0.571. The predicted molar refractivity (Wildman–Crippen MR) is 72.2 cm³/mol. The maximum Gasteiger partial charge on any atom is 0.124 e. The molecule has 94 valence electrons. The molecule has 0 amide bonds. The first-order valence-corrected chi connectivity index (χ1v) is 7.07. The van der Waals surface area contributed by atoms with Gasteiger partial charge in [0, 0.05) is 10.5 Å². The number of rotatable bonds is 2. The van der Waals surface area contributed by atoms with Crippen molar-refractivity contribution >= 4 is 15.9 Å². The van der Waals surface area contributed by atoms with Crippen LogP contribution in [-0.4, -0.2) is 0 Å². The molecule has 0 aromatic heterocycles. The van der Waals surface area contributed by atoms with Crippen LogP contribution in [0.5, 0.6) is 0 Å². The van der Waals surface area contributed by atoms with Crippen molar-refractivity contribution in [3.05, 3.63) is 34.1 Å². The number of hydrogen-bond acceptors (Lipinski definition) is 1. The van der Waals surface area contributed by atoms with Gasteiger partial charge in [-0.15, -0.1) is 0 Å². The molecule has 17 heavy (non-hydrogen) atoms. The Morgan fingerprint density at radius 1 is 1.24 bits per heavy atom. The molecular weight excluding hydrogens is 281 g/mol. The van der Waals surface area contributed by atoms with Crippen molar-refractivity contribution in [2.24, 2.45) is 17.6 Å². The molecule has 0 aliphatic heterocycles. The summed E-state index contributed by atoms with van der Waals surface area (Å²) in [6, 6.07) is 4.94. The zero-order chi connectivity index (χ0) is 12.4. The molecular formula is C14H19BrFN. The summed E-state index contributed by atoms with van der Waals surface area (Å²) in [5.74, 6) is 1.10. The van der Waals surface area contributed by atoms with Crippen molar-refractivity contribution in [1.82, 2.24) is 0 Å². The minimum Gasteiger partial charge on any atom is -0.324 e. The number of halogens is 2. The molecule has 2 rings (SSSR count). The summed E-state index contributed by atoms with van der Waals surface area (Å²) in [4.78, 5) is 0. The molecule has 0 spiro atoms. The van der Waals surface area contributed by atoms with Crippen molar-refractivity contribution in [2.45, 2.75) is 38.6 Å². The van der Waals surface area contributed by atoms with Crippen molar-refractivity contribution in [1.29, 1.82) is 0 Å². The van der Waals surface area contributed by atoms with Gasteiger partial charge in [-0.25, -0.2) is 4.39 Å². The van der Waals surface area contributed by atoms with Gasteiger partial charge >= 0.3 is 0 Å². The highest BCUT2D eigenvalue weighted by Crippen LogP contribution is 2.36. The first-order valence-electron chi connectivity index (χ1n) is 6.28. The molecule has 0 saturated heterocycles. The van der Waals surface area contributed by atoms with Crippen LogP contribution in [0.3, 0.4) is 0 Å². The van der Waals surface area contributed by atoms with Gasteiger partial charge in [0.25, 0.3) is 0 Å². The highest BCUT2D eigenvalue weighted by atomic mass is 79.9. The molecule has 0 radical (unpaired) electrons. The molecule has 1 aliphatic rings. The summed E-state index contributed by atoms with van der Waals surface area (Å²) in [5.41, 5.74) is 7.18. The van der Waals surface area contributed by atoms with E-state index in [1.165, 1.54) is 18.9 Å². The summed E-state index contributed by atoms with van der Waals surface area (Å²) < 4.78 is 14.1. The Bertz CT molecular complexity index is 366. The monoisotopic (exact) mass is 299 g/mol. The SMILES string of the molecule is CC1CCC(C(N)c2cc(F)cc(Br)c2)CC1. The Morgan fingerprint density at radius 3 is 2.47 bits per heavy atom. The quantitative estimate of drug-likeness (QED) is 0.860. The van der Waals surface area contributed by atoms with Crippen LogP contribution in [0.25, 0.3) is 0 Å². The van der Waals surface area contributed by atoms with Gasteiger partial charge in [0.15, 0.2) is 0 Å². The van der Waals surface area contributed by atoms with Crippen LogP contribution >= 0.6 is 15.9 Å². The molecule has 1 fully saturated rings. The van der Waals surface area contributed by atoms with Crippen LogP contribution in [0, 0.1) is 17.7 Å². The average molecular weight is 300 g/mol. The number of nitrogens with two attached hydrogens (primary N) is 1. The molecule has 1 aliphatic carbocycles. The maximum absolute atomic E-state index is 13.3. The Labute approximate surface area is 111 Å². The normalized spacial score (nSPS) is 26.8. The zero-order valence-corrected chi connectivity index (χ0v) is 11.7. The second-order valence-corrected chi connectivity index (χ2v) is 6.16. The summed E-state index contributed by atoms with van der Waals surface area (Å²) in [7, 11) is 0. The largest absolute Gasteiger partial charge is 0.324 e. The second-order valence-electron chi connectivity index (χ2n) is 5.25. The van der Waals surface area contributed by atoms with E-state index in [0.29, 0.717) is 5.92 Å². The minimum atomic E-state index is -0.214. The van der Waals surface area contributed by atoms with Gasteiger partial charge < -0.3 is 5.73 Å². The fourth-order valence-electron chi connectivity index (χ4n) is 2.68. The van der Waals surface area contributed by atoms with E-state index in [0.717, 1.165) is 28.8 Å². The lowest BCUT2D eigenvalue weighted by atomic mass is 9.78. The third-order valence-electron chi connectivity index (χ3n) is 3.84. The molecule has 3 heteroatoms. The molecule has 1 aromatic carbocycles. The van der Waals surface area contributed by atoms with Crippen LogP contribution in [-0.2, 0) is 0 Å². The molecule has 2 N–H and O–H groups in total. The molecule has 1 nitrogen and oxygen atoms in total. The summed E-state index contributed by atoms with van der Waals surface area (Å²) in [6.45, 7) is 2.29. The van der Waals surface area contributed by atoms with Crippen LogP contribution in [0.15, 0.2) is 22.7 Å². The average Bonchev–Trinajstić information content (AvgIpc) is 2.28. The van der Waals surface area contributed by atoms with Crippen molar-refractivity contribution < 1.29 is 4.39 Å². The van der Waals surface area contributed by atoms with Crippen LogP contribution in [0.1, 0.15) is 44.2 Å². The Morgan fingerprint density at radius 2 is 1.88 bits per heavy atom. The summed E-state index contributed by atoms with van der Waals surface area (Å²) >= 11 is 3.32. The highest BCUT2D eigenvalue weighted by Gasteiger charge is 2.25. The van der Waals surface area contributed by atoms with Gasteiger partial charge in [0.05, 0.1) is 0 Å². The molecule has 1 aromatic rings. The standard InChI is InChI=1S/C14H19BrFN/c1-9-2-4-10(5-3-9)14(17)11-6-12(15)8-13(16)7-11/h6-10,14H,2-5,17H2,1H3. The van der Waals surface area contributed by atoms with Gasteiger partial charge in [-0.2, -0.15) is 0 Å². The Hall–Kier alpha value is -0.410. The lowest BCUT2D eigenvalue weighted by Gasteiger charge is -2.30. The number of benzene rings is 1. The third-order valence-corrected chi connectivity index (χ3v) is 4.30. The topological polar surface area (TPSA) is 26.0 Å². The first-order chi connectivity index (χ1) is 8.06. The van der Waals surface area contributed by atoms with E-state index >= 15 is 0 Å². The Kier molecular flexibility index (Phi) is 4.21. The fourth-order valence-corrected chi connectivity index (χ4v) is 3.17. The molecule has 0 bridgehead atoms. The van der Waals surface area contributed by atoms with Gasteiger partial charge in [-0.1, -0.05) is 35.7 Å². The smallest absolute Gasteiger partial charge is 0.124 e. The lowest BCUT2D eigenvalue weighted by Crippen LogP contribution is -2.25. The predicted octanol–water partition coefficient (Wildman–Crippen LogP) is 4.41. The summed E-state index contributed by atoms with van der Waals surface area (Å²) in [6.07, 6.45) is 4.82. The zero-order valence-electron chi connectivity index (χ0n) is 10.1. The maximum atomic E-state index is 13.3. The van der Waals surface area contributed by atoms with Crippen LogP contribution in [0.2, 0.25) is 0 Å². The van der Waals surface area contributed by atoms with Gasteiger partial charge in [0.1, 0.15) is 5.82 Å². The van der Waals surface area contributed by atoms with E-state index in [2.05, 4.69) is 22.9 Å². The molecule has 1 saturated carbocycles. The van der Waals surface area contributed by atoms with E-state index in [9.17, 15) is 4.39 Å². The van der Waals surface area contributed by atoms with Crippen LogP contribution in [0.4, 0.5) is 4.39 Å². The summed E-state index contributed by atoms with van der Waals surface area (Å²) in [5, 5.41) is 0. The van der Waals surface area contributed by atoms with E-state index in [1.807, 2.05) is 6.07 Å². The first kappa shape index (κ1) is 13.0. The van der Waals surface area contributed by atoms with Crippen molar-refractivity contribution in [2.75, 3.05) is 0 Å². The van der Waals surface area contributed by atoms with Gasteiger partial charge in [-0.3, -0.25) is 0 Å². The molecule has 1 unspecified atom stereocenters. The lowest BCUT2D eigenvalue weighted by molar-refractivity contribution is 0.256. The second kappa shape index (κ2) is 5.49. The highest BCUT2D eigenvalue weighted by molar-refractivity contribution is 9.10. The van der Waals surface area contributed by atoms with E-state index in [1.54, 1.807) is 6.07 Å². The molecule has 0 heterocycles. The van der Waals surface area contributed by atoms with E-state index in [-0.39, 0.29) is 11.9 Å². The minimum absolute atomic E-state index is 0.0329. The van der Waals surface area contributed by atoms with Crippen molar-refractivity contribution in [3.63, 3.8) is 0 Å². The van der Waals surface area contributed by atoms with Gasteiger partial charge in [0.2, 0.25) is 0 Å². The molecule has 1 atom stereocenters. The van der Waals surface area contributed by atoms with E-state index in [4.69, 9.17) is 5.73 Å². The number of hydrogen-bond donors (Lipinski definition) is 1. The van der Waals surface area contributed by atoms with Gasteiger partial charge in [-0.05, 0) is 48.4 Å². The van der Waals surface area contributed by atoms with Crippen LogP contribution < -0.4 is 5.73 Å². The van der Waals surface area contributed by atoms with E-state index < -0.39 is 0 Å². The third kappa shape index (κ3) is 3.29. The van der Waals surface area contributed by atoms with Crippen molar-refractivity contribution in [3.8, 4) is 0 Å².